The minimum absolute atomic E-state index is 0.0262. The quantitative estimate of drug-likeness (QED) is 0.584. The van der Waals surface area contributed by atoms with Gasteiger partial charge in [0.25, 0.3) is 5.69 Å². The summed E-state index contributed by atoms with van der Waals surface area (Å²) in [7, 11) is -3.73. The van der Waals surface area contributed by atoms with E-state index >= 15 is 0 Å². The molecule has 3 rings (SSSR count). The second-order valence-electron chi connectivity index (χ2n) is 5.56. The van der Waals surface area contributed by atoms with Crippen molar-refractivity contribution in [1.29, 1.82) is 0 Å². The molecular formula is C15H16N4O5S. The molecule has 2 heterocycles. The first kappa shape index (κ1) is 17.2. The Balaban J connectivity index is 1.74. The molecule has 0 radical (unpaired) electrons. The minimum atomic E-state index is -3.73. The molecule has 1 aliphatic heterocycles. The van der Waals surface area contributed by atoms with Crippen LogP contribution in [0, 0.1) is 10.1 Å². The van der Waals surface area contributed by atoms with Gasteiger partial charge in [0.15, 0.2) is 0 Å². The Hall–Kier alpha value is -2.59. The molecule has 0 amide bonds. The molecule has 0 N–H and O–H groups in total. The number of rotatable bonds is 5. The first-order valence-corrected chi connectivity index (χ1v) is 9.10. The van der Waals surface area contributed by atoms with E-state index in [1.807, 2.05) is 0 Å². The molecule has 0 saturated carbocycles. The summed E-state index contributed by atoms with van der Waals surface area (Å²) in [5.74, 6) is 0.349. The van der Waals surface area contributed by atoms with Gasteiger partial charge >= 0.3 is 0 Å². The van der Waals surface area contributed by atoms with E-state index in [4.69, 9.17) is 4.74 Å². The number of hydrogen-bond donors (Lipinski definition) is 0. The average Bonchev–Trinajstić information content (AvgIpc) is 2.63. The third-order valence-electron chi connectivity index (χ3n) is 3.86. The third kappa shape index (κ3) is 3.91. The molecule has 1 fully saturated rings. The summed E-state index contributed by atoms with van der Waals surface area (Å²) < 4.78 is 32.5. The zero-order valence-corrected chi connectivity index (χ0v) is 14.0. The Morgan fingerprint density at radius 2 is 2.00 bits per heavy atom. The molecule has 10 heteroatoms. The molecule has 1 atom stereocenters. The van der Waals surface area contributed by atoms with E-state index in [1.54, 1.807) is 12.1 Å². The van der Waals surface area contributed by atoms with Crippen LogP contribution in [-0.2, 0) is 10.0 Å². The number of aromatic nitrogens is 2. The van der Waals surface area contributed by atoms with Crippen LogP contribution in [0.4, 0.5) is 5.69 Å². The molecule has 0 bridgehead atoms. The molecule has 25 heavy (non-hydrogen) atoms. The van der Waals surface area contributed by atoms with Gasteiger partial charge in [-0.2, -0.15) is 9.40 Å². The van der Waals surface area contributed by atoms with Gasteiger partial charge in [0.2, 0.25) is 15.9 Å². The second kappa shape index (κ2) is 7.11. The van der Waals surface area contributed by atoms with Gasteiger partial charge < -0.3 is 4.74 Å². The summed E-state index contributed by atoms with van der Waals surface area (Å²) in [6, 6.07) is 8.23. The van der Waals surface area contributed by atoms with Crippen LogP contribution in [0.1, 0.15) is 12.8 Å². The van der Waals surface area contributed by atoms with Gasteiger partial charge in [-0.05, 0) is 31.0 Å². The van der Waals surface area contributed by atoms with E-state index < -0.39 is 14.9 Å². The Labute approximate surface area is 144 Å². The van der Waals surface area contributed by atoms with Crippen LogP contribution in [0.25, 0.3) is 0 Å². The maximum atomic E-state index is 12.7. The van der Waals surface area contributed by atoms with Gasteiger partial charge in [0, 0.05) is 30.9 Å². The molecular weight excluding hydrogens is 348 g/mol. The lowest BCUT2D eigenvalue weighted by Crippen LogP contribution is -2.44. The first-order valence-electron chi connectivity index (χ1n) is 7.66. The predicted octanol–water partition coefficient (Wildman–Crippen LogP) is 1.62. The van der Waals surface area contributed by atoms with Crippen molar-refractivity contribution in [1.82, 2.24) is 14.5 Å². The van der Waals surface area contributed by atoms with Crippen LogP contribution < -0.4 is 4.74 Å². The van der Waals surface area contributed by atoms with E-state index in [9.17, 15) is 18.5 Å². The fraction of sp³-hybridized carbons (Fsp3) is 0.333. The Morgan fingerprint density at radius 3 is 2.64 bits per heavy atom. The van der Waals surface area contributed by atoms with Crippen LogP contribution >= 0.6 is 0 Å². The Bertz CT molecular complexity index is 842. The number of ether oxygens (including phenoxy) is 1. The van der Waals surface area contributed by atoms with E-state index in [0.717, 1.165) is 0 Å². The minimum Gasteiger partial charge on any atom is -0.472 e. The zero-order chi connectivity index (χ0) is 17.9. The summed E-state index contributed by atoms with van der Waals surface area (Å²) in [5, 5.41) is 18.3. The fourth-order valence-electron chi connectivity index (χ4n) is 2.63. The van der Waals surface area contributed by atoms with Gasteiger partial charge in [0.1, 0.15) is 6.10 Å². The van der Waals surface area contributed by atoms with Crippen molar-refractivity contribution in [2.75, 3.05) is 13.1 Å². The van der Waals surface area contributed by atoms with Crippen molar-refractivity contribution >= 4 is 15.7 Å². The van der Waals surface area contributed by atoms with E-state index in [2.05, 4.69) is 10.2 Å². The first-order chi connectivity index (χ1) is 12.0. The van der Waals surface area contributed by atoms with Crippen molar-refractivity contribution in [3.05, 3.63) is 52.7 Å². The van der Waals surface area contributed by atoms with Gasteiger partial charge in [-0.15, -0.1) is 5.10 Å². The van der Waals surface area contributed by atoms with Gasteiger partial charge in [-0.25, -0.2) is 8.42 Å². The fourth-order valence-corrected chi connectivity index (χ4v) is 4.14. The highest BCUT2D eigenvalue weighted by atomic mass is 32.2. The summed E-state index contributed by atoms with van der Waals surface area (Å²) in [6.07, 6.45) is 2.57. The highest BCUT2D eigenvalue weighted by Gasteiger charge is 2.31. The van der Waals surface area contributed by atoms with E-state index in [1.165, 1.54) is 34.8 Å². The molecule has 0 aliphatic carbocycles. The van der Waals surface area contributed by atoms with Gasteiger partial charge in [0.05, 0.1) is 16.4 Å². The predicted molar refractivity (Wildman–Crippen MR) is 87.5 cm³/mol. The van der Waals surface area contributed by atoms with Crippen LogP contribution in [0.2, 0.25) is 0 Å². The van der Waals surface area contributed by atoms with E-state index in [-0.39, 0.29) is 23.2 Å². The molecule has 1 aliphatic rings. The van der Waals surface area contributed by atoms with Crippen LogP contribution in [0.3, 0.4) is 0 Å². The van der Waals surface area contributed by atoms with Crippen molar-refractivity contribution < 1.29 is 18.1 Å². The van der Waals surface area contributed by atoms with E-state index in [0.29, 0.717) is 25.3 Å². The van der Waals surface area contributed by atoms with Crippen molar-refractivity contribution in [2.24, 2.45) is 0 Å². The van der Waals surface area contributed by atoms with Crippen molar-refractivity contribution in [3.8, 4) is 5.88 Å². The Kier molecular flexibility index (Phi) is 4.91. The summed E-state index contributed by atoms with van der Waals surface area (Å²) in [4.78, 5) is 10.2. The number of nitro groups is 1. The summed E-state index contributed by atoms with van der Waals surface area (Å²) in [5.41, 5.74) is -0.151. The number of hydrogen-bond acceptors (Lipinski definition) is 7. The lowest BCUT2D eigenvalue weighted by Gasteiger charge is -2.31. The number of nitrogens with zero attached hydrogens (tertiary/aromatic N) is 4. The number of piperidine rings is 1. The van der Waals surface area contributed by atoms with Gasteiger partial charge in [-0.1, -0.05) is 0 Å². The number of benzene rings is 1. The molecule has 1 aromatic carbocycles. The molecule has 1 aromatic heterocycles. The number of non-ortho nitro benzene ring substituents is 1. The van der Waals surface area contributed by atoms with Crippen molar-refractivity contribution in [3.63, 3.8) is 0 Å². The van der Waals surface area contributed by atoms with Crippen LogP contribution in [0.5, 0.6) is 5.88 Å². The molecule has 0 spiro atoms. The highest BCUT2D eigenvalue weighted by molar-refractivity contribution is 7.89. The maximum Gasteiger partial charge on any atom is 0.269 e. The second-order valence-corrected chi connectivity index (χ2v) is 7.50. The number of sulfonamides is 1. The molecule has 1 saturated heterocycles. The molecule has 132 valence electrons. The Morgan fingerprint density at radius 1 is 1.24 bits per heavy atom. The topological polar surface area (TPSA) is 116 Å². The zero-order valence-electron chi connectivity index (χ0n) is 13.2. The lowest BCUT2D eigenvalue weighted by atomic mass is 10.1. The average molecular weight is 364 g/mol. The number of nitro benzene ring substituents is 1. The summed E-state index contributed by atoms with van der Waals surface area (Å²) in [6.45, 7) is 0.565. The van der Waals surface area contributed by atoms with Gasteiger partial charge in [-0.3, -0.25) is 10.1 Å². The molecule has 9 nitrogen and oxygen atoms in total. The van der Waals surface area contributed by atoms with Crippen LogP contribution in [0.15, 0.2) is 47.5 Å². The smallest absolute Gasteiger partial charge is 0.269 e. The summed E-state index contributed by atoms with van der Waals surface area (Å²) >= 11 is 0. The largest absolute Gasteiger partial charge is 0.472 e. The van der Waals surface area contributed by atoms with Crippen molar-refractivity contribution in [2.45, 2.75) is 23.8 Å². The SMILES string of the molecule is O=[N+]([O-])c1ccc(S(=O)(=O)N2CCCC(Oc3cccnn3)C2)cc1. The van der Waals surface area contributed by atoms with Crippen LogP contribution in [-0.4, -0.2) is 47.0 Å². The monoisotopic (exact) mass is 364 g/mol. The maximum absolute atomic E-state index is 12.7. The normalized spacial score (nSPS) is 18.6. The molecule has 1 unspecified atom stereocenters. The third-order valence-corrected chi connectivity index (χ3v) is 5.74. The highest BCUT2D eigenvalue weighted by Crippen LogP contribution is 2.24. The standard InChI is InChI=1S/C15H16N4O5S/c20-19(21)12-5-7-14(8-6-12)25(22,23)18-10-2-3-13(11-18)24-15-4-1-9-16-17-15/h1,4-9,13H,2-3,10-11H2. The lowest BCUT2D eigenvalue weighted by molar-refractivity contribution is -0.384. The molecule has 2 aromatic rings.